The Labute approximate surface area is 181 Å². The van der Waals surface area contributed by atoms with Crippen molar-refractivity contribution in [3.63, 3.8) is 0 Å². The summed E-state index contributed by atoms with van der Waals surface area (Å²) >= 11 is 7.42. The molecule has 2 amide bonds. The molecule has 0 bridgehead atoms. The van der Waals surface area contributed by atoms with Crippen molar-refractivity contribution in [2.24, 2.45) is 5.73 Å². The van der Waals surface area contributed by atoms with Crippen LogP contribution in [0.3, 0.4) is 0 Å². The summed E-state index contributed by atoms with van der Waals surface area (Å²) in [5.74, 6) is -0.788. The largest absolute Gasteiger partial charge is 0.364 e. The number of anilines is 1. The first kappa shape index (κ1) is 19.9. The first-order valence-corrected chi connectivity index (χ1v) is 10.3. The minimum absolute atomic E-state index is 0.246. The second-order valence-electron chi connectivity index (χ2n) is 6.76. The Bertz CT molecular complexity index is 1270. The number of amides is 2. The molecule has 9 heteroatoms. The van der Waals surface area contributed by atoms with Gasteiger partial charge in [-0.05, 0) is 44.2 Å². The maximum absolute atomic E-state index is 12.9. The molecule has 0 fully saturated rings. The molecule has 3 heterocycles. The second kappa shape index (κ2) is 7.81. The number of nitrogens with one attached hydrogen (secondary N) is 2. The number of carbonyl (C=O) groups is 2. The average molecular weight is 440 g/mol. The molecule has 0 aliphatic rings. The molecule has 0 aliphatic carbocycles. The minimum atomic E-state index is -0.542. The van der Waals surface area contributed by atoms with E-state index in [1.165, 1.54) is 11.3 Å². The first-order chi connectivity index (χ1) is 14.3. The van der Waals surface area contributed by atoms with Gasteiger partial charge in [0.05, 0.1) is 11.3 Å². The third kappa shape index (κ3) is 3.74. The van der Waals surface area contributed by atoms with Crippen molar-refractivity contribution in [2.45, 2.75) is 13.8 Å². The highest BCUT2D eigenvalue weighted by atomic mass is 35.5. The predicted molar refractivity (Wildman–Crippen MR) is 119 cm³/mol. The Hall–Kier alpha value is -3.36. The number of hydrogen-bond acceptors (Lipinski definition) is 4. The molecule has 4 rings (SSSR count). The van der Waals surface area contributed by atoms with Gasteiger partial charge in [-0.2, -0.15) is 0 Å². The fraction of sp³-hybridized carbons (Fsp3) is 0.0952. The lowest BCUT2D eigenvalue weighted by Gasteiger charge is -2.10. The van der Waals surface area contributed by atoms with Crippen LogP contribution in [0.1, 0.15) is 32.2 Å². The molecule has 0 saturated heterocycles. The van der Waals surface area contributed by atoms with Gasteiger partial charge in [0.2, 0.25) is 0 Å². The van der Waals surface area contributed by atoms with Crippen LogP contribution < -0.4 is 11.1 Å². The van der Waals surface area contributed by atoms with Crippen LogP contribution in [0.2, 0.25) is 5.02 Å². The van der Waals surface area contributed by atoms with E-state index in [0.717, 1.165) is 22.6 Å². The minimum Gasteiger partial charge on any atom is -0.364 e. The molecule has 0 spiro atoms. The molecule has 7 nitrogen and oxygen atoms in total. The van der Waals surface area contributed by atoms with Gasteiger partial charge in [-0.1, -0.05) is 17.7 Å². The third-order valence-electron chi connectivity index (χ3n) is 4.71. The number of aromatic nitrogens is 3. The van der Waals surface area contributed by atoms with Gasteiger partial charge in [-0.3, -0.25) is 14.9 Å². The average Bonchev–Trinajstić information content (AvgIpc) is 3.40. The van der Waals surface area contributed by atoms with Crippen LogP contribution in [0.4, 0.5) is 5.13 Å². The normalized spacial score (nSPS) is 10.9. The summed E-state index contributed by atoms with van der Waals surface area (Å²) in [6.07, 6.45) is 1.65. The predicted octanol–water partition coefficient (Wildman–Crippen LogP) is 4.55. The number of H-pyrrole nitrogens is 1. The standard InChI is InChI=1S/C21H18ClN5O2S/c1-11-6-16(12(2)27(11)15-5-3-4-14(22)8-15)20(29)26-21-25-18(10-30-21)13-7-17(19(23)28)24-9-13/h3-10,24H,1-2H3,(H2,23,28)(H,25,26,29). The van der Waals surface area contributed by atoms with Crippen LogP contribution in [-0.4, -0.2) is 26.3 Å². The zero-order valence-corrected chi connectivity index (χ0v) is 17.8. The monoisotopic (exact) mass is 439 g/mol. The summed E-state index contributed by atoms with van der Waals surface area (Å²) in [6, 6.07) is 10.9. The third-order valence-corrected chi connectivity index (χ3v) is 5.70. The van der Waals surface area contributed by atoms with Gasteiger partial charge >= 0.3 is 0 Å². The Morgan fingerprint density at radius 3 is 2.73 bits per heavy atom. The van der Waals surface area contributed by atoms with E-state index in [1.54, 1.807) is 17.6 Å². The number of aryl methyl sites for hydroxylation is 1. The highest BCUT2D eigenvalue weighted by molar-refractivity contribution is 7.14. The number of halogens is 1. The van der Waals surface area contributed by atoms with Crippen molar-refractivity contribution in [1.82, 2.24) is 14.5 Å². The number of rotatable bonds is 5. The van der Waals surface area contributed by atoms with Gasteiger partial charge < -0.3 is 15.3 Å². The number of nitrogens with two attached hydrogens (primary N) is 1. The van der Waals surface area contributed by atoms with Gasteiger partial charge in [0, 0.05) is 39.2 Å². The molecule has 0 atom stereocenters. The van der Waals surface area contributed by atoms with Crippen molar-refractivity contribution >= 4 is 39.9 Å². The number of primary amides is 1. The Balaban J connectivity index is 1.57. The lowest BCUT2D eigenvalue weighted by Crippen LogP contribution is -2.13. The molecule has 0 radical (unpaired) electrons. The molecule has 4 N–H and O–H groups in total. The maximum Gasteiger partial charge on any atom is 0.265 e. The summed E-state index contributed by atoms with van der Waals surface area (Å²) in [7, 11) is 0. The summed E-state index contributed by atoms with van der Waals surface area (Å²) in [5, 5.41) is 5.75. The van der Waals surface area contributed by atoms with Gasteiger partial charge in [0.15, 0.2) is 5.13 Å². The van der Waals surface area contributed by atoms with E-state index in [1.807, 2.05) is 48.7 Å². The topological polar surface area (TPSA) is 106 Å². The van der Waals surface area contributed by atoms with Gasteiger partial charge in [-0.15, -0.1) is 11.3 Å². The van der Waals surface area contributed by atoms with Crippen molar-refractivity contribution in [3.8, 4) is 16.9 Å². The maximum atomic E-state index is 12.9. The molecule has 4 aromatic rings. The summed E-state index contributed by atoms with van der Waals surface area (Å²) in [4.78, 5) is 31.4. The van der Waals surface area contributed by atoms with Crippen LogP contribution in [-0.2, 0) is 0 Å². The Morgan fingerprint density at radius 1 is 1.23 bits per heavy atom. The lowest BCUT2D eigenvalue weighted by molar-refractivity contribution is 0.0994. The summed E-state index contributed by atoms with van der Waals surface area (Å²) in [5.41, 5.74) is 10.1. The van der Waals surface area contributed by atoms with E-state index in [2.05, 4.69) is 15.3 Å². The zero-order valence-electron chi connectivity index (χ0n) is 16.2. The number of aromatic amines is 1. The smallest absolute Gasteiger partial charge is 0.265 e. The number of hydrogen-bond donors (Lipinski definition) is 3. The van der Waals surface area contributed by atoms with E-state index in [4.69, 9.17) is 17.3 Å². The van der Waals surface area contributed by atoms with Crippen LogP contribution >= 0.6 is 22.9 Å². The molecule has 1 aromatic carbocycles. The van der Waals surface area contributed by atoms with Crippen LogP contribution in [0.5, 0.6) is 0 Å². The SMILES string of the molecule is Cc1cc(C(=O)Nc2nc(-c3c[nH]c(C(N)=O)c3)cs2)c(C)n1-c1cccc(Cl)c1. The number of benzene rings is 1. The highest BCUT2D eigenvalue weighted by Gasteiger charge is 2.18. The van der Waals surface area contributed by atoms with E-state index in [9.17, 15) is 9.59 Å². The molecule has 152 valence electrons. The molecule has 0 unspecified atom stereocenters. The molecule has 0 aliphatic heterocycles. The molecule has 3 aromatic heterocycles. The van der Waals surface area contributed by atoms with Crippen molar-refractivity contribution in [1.29, 1.82) is 0 Å². The fourth-order valence-corrected chi connectivity index (χ4v) is 4.22. The van der Waals surface area contributed by atoms with Gasteiger partial charge in [-0.25, -0.2) is 4.98 Å². The second-order valence-corrected chi connectivity index (χ2v) is 8.05. The fourth-order valence-electron chi connectivity index (χ4n) is 3.32. The molecular weight excluding hydrogens is 422 g/mol. The number of thiazole rings is 1. The van der Waals surface area contributed by atoms with Gasteiger partial charge in [0.1, 0.15) is 5.69 Å². The Kier molecular flexibility index (Phi) is 5.19. The lowest BCUT2D eigenvalue weighted by atomic mass is 10.2. The zero-order chi connectivity index (χ0) is 21.4. The molecular formula is C21H18ClN5O2S. The van der Waals surface area contributed by atoms with E-state index in [-0.39, 0.29) is 5.91 Å². The summed E-state index contributed by atoms with van der Waals surface area (Å²) < 4.78 is 1.99. The van der Waals surface area contributed by atoms with Crippen molar-refractivity contribution < 1.29 is 9.59 Å². The van der Waals surface area contributed by atoms with Crippen LogP contribution in [0.15, 0.2) is 48.0 Å². The first-order valence-electron chi connectivity index (χ1n) is 9.04. The van der Waals surface area contributed by atoms with E-state index >= 15 is 0 Å². The quantitative estimate of drug-likeness (QED) is 0.424. The van der Waals surface area contributed by atoms with Crippen molar-refractivity contribution in [3.05, 3.63) is 75.6 Å². The molecule has 0 saturated carbocycles. The van der Waals surface area contributed by atoms with E-state index < -0.39 is 5.91 Å². The van der Waals surface area contributed by atoms with Crippen molar-refractivity contribution in [2.75, 3.05) is 5.32 Å². The van der Waals surface area contributed by atoms with Crippen LogP contribution in [0, 0.1) is 13.8 Å². The number of carbonyl (C=O) groups excluding carboxylic acids is 2. The number of nitrogens with zero attached hydrogens (tertiary/aromatic N) is 2. The molecule has 30 heavy (non-hydrogen) atoms. The van der Waals surface area contributed by atoms with E-state index in [0.29, 0.717) is 27.1 Å². The Morgan fingerprint density at radius 2 is 2.03 bits per heavy atom. The highest BCUT2D eigenvalue weighted by Crippen LogP contribution is 2.27. The van der Waals surface area contributed by atoms with Crippen LogP contribution in [0.25, 0.3) is 16.9 Å². The van der Waals surface area contributed by atoms with Gasteiger partial charge in [0.25, 0.3) is 11.8 Å². The summed E-state index contributed by atoms with van der Waals surface area (Å²) in [6.45, 7) is 3.83.